The summed E-state index contributed by atoms with van der Waals surface area (Å²) in [6.07, 6.45) is 0.814. The van der Waals surface area contributed by atoms with E-state index >= 15 is 0 Å². The van der Waals surface area contributed by atoms with Crippen molar-refractivity contribution in [3.63, 3.8) is 0 Å². The molecule has 5 heteroatoms. The van der Waals surface area contributed by atoms with E-state index < -0.39 is 5.60 Å². The lowest BCUT2D eigenvalue weighted by Gasteiger charge is -2.35. The number of nitrogens with zero attached hydrogens (tertiary/aromatic N) is 1. The molecule has 0 radical (unpaired) electrons. The van der Waals surface area contributed by atoms with Crippen molar-refractivity contribution >= 4 is 6.09 Å². The number of piperidine rings is 1. The highest BCUT2D eigenvalue weighted by molar-refractivity contribution is 5.68. The van der Waals surface area contributed by atoms with E-state index in [0.717, 1.165) is 26.1 Å². The molecule has 92 valence electrons. The quantitative estimate of drug-likeness (QED) is 0.640. The number of amides is 1. The van der Waals surface area contributed by atoms with Crippen LogP contribution in [0.4, 0.5) is 4.79 Å². The molecular formula is C11H21N3O2. The molecule has 0 bridgehead atoms. The summed E-state index contributed by atoms with van der Waals surface area (Å²) < 4.78 is 5.37. The summed E-state index contributed by atoms with van der Waals surface area (Å²) in [4.78, 5) is 13.7. The fourth-order valence-corrected chi connectivity index (χ4v) is 2.24. The molecule has 2 fully saturated rings. The van der Waals surface area contributed by atoms with Crippen LogP contribution < -0.4 is 10.9 Å². The maximum atomic E-state index is 11.9. The van der Waals surface area contributed by atoms with Gasteiger partial charge in [-0.15, -0.1) is 0 Å². The van der Waals surface area contributed by atoms with E-state index in [-0.39, 0.29) is 6.09 Å². The zero-order chi connectivity index (χ0) is 11.8. The number of carbonyl (C=O) groups is 1. The van der Waals surface area contributed by atoms with Gasteiger partial charge in [-0.1, -0.05) is 0 Å². The zero-order valence-electron chi connectivity index (χ0n) is 10.2. The first-order valence-electron chi connectivity index (χ1n) is 5.92. The fraction of sp³-hybridized carbons (Fsp3) is 0.909. The predicted molar refractivity (Wildman–Crippen MR) is 60.8 cm³/mol. The summed E-state index contributed by atoms with van der Waals surface area (Å²) in [6.45, 7) is 8.21. The lowest BCUT2D eigenvalue weighted by atomic mass is 9.95. The molecule has 0 saturated carbocycles. The van der Waals surface area contributed by atoms with Crippen LogP contribution in [0.25, 0.3) is 0 Å². The van der Waals surface area contributed by atoms with Gasteiger partial charge in [-0.2, -0.15) is 0 Å². The van der Waals surface area contributed by atoms with Crippen molar-refractivity contribution in [1.29, 1.82) is 0 Å². The highest BCUT2D eigenvalue weighted by atomic mass is 16.6. The Labute approximate surface area is 96.5 Å². The van der Waals surface area contributed by atoms with Crippen molar-refractivity contribution in [2.24, 2.45) is 5.92 Å². The second-order valence-electron chi connectivity index (χ2n) is 5.61. The van der Waals surface area contributed by atoms with Crippen molar-refractivity contribution in [3.8, 4) is 0 Å². The molecule has 2 unspecified atom stereocenters. The number of hydrogen-bond acceptors (Lipinski definition) is 4. The van der Waals surface area contributed by atoms with E-state index in [2.05, 4.69) is 10.9 Å². The predicted octanol–water partition coefficient (Wildman–Crippen LogP) is 0.720. The summed E-state index contributed by atoms with van der Waals surface area (Å²) in [5, 5.41) is 0. The molecule has 2 aliphatic rings. The van der Waals surface area contributed by atoms with Crippen LogP contribution in [0, 0.1) is 5.92 Å². The Morgan fingerprint density at radius 2 is 2.19 bits per heavy atom. The number of ether oxygens (including phenoxy) is 1. The minimum atomic E-state index is -0.403. The highest BCUT2D eigenvalue weighted by Gasteiger charge is 2.35. The van der Waals surface area contributed by atoms with Crippen LogP contribution in [0.15, 0.2) is 0 Å². The average Bonchev–Trinajstić information content (AvgIpc) is 2.61. The number of hydrogen-bond donors (Lipinski definition) is 2. The molecular weight excluding hydrogens is 206 g/mol. The fourth-order valence-electron chi connectivity index (χ4n) is 2.24. The van der Waals surface area contributed by atoms with Gasteiger partial charge in [-0.05, 0) is 27.2 Å². The minimum absolute atomic E-state index is 0.183. The summed E-state index contributed by atoms with van der Waals surface area (Å²) in [6, 6.07) is 0.513. The first kappa shape index (κ1) is 11.7. The summed E-state index contributed by atoms with van der Waals surface area (Å²) in [5.74, 6) is 0.515. The number of fused-ring (bicyclic) bond motifs is 1. The Morgan fingerprint density at radius 3 is 2.88 bits per heavy atom. The maximum absolute atomic E-state index is 11.9. The van der Waals surface area contributed by atoms with E-state index in [1.54, 1.807) is 0 Å². The second-order valence-corrected chi connectivity index (χ2v) is 5.61. The standard InChI is InChI=1S/C11H21N3O2/c1-11(2,3)16-10(15)14-5-4-9-8(7-14)6-12-13-9/h8-9,12-13H,4-7H2,1-3H3. The number of hydrazine groups is 1. The minimum Gasteiger partial charge on any atom is -0.444 e. The molecule has 2 aliphatic heterocycles. The van der Waals surface area contributed by atoms with Crippen molar-refractivity contribution in [3.05, 3.63) is 0 Å². The zero-order valence-corrected chi connectivity index (χ0v) is 10.2. The molecule has 2 rings (SSSR count). The average molecular weight is 227 g/mol. The van der Waals surface area contributed by atoms with Crippen LogP contribution >= 0.6 is 0 Å². The van der Waals surface area contributed by atoms with Gasteiger partial charge in [-0.25, -0.2) is 4.79 Å². The molecule has 0 spiro atoms. The summed E-state index contributed by atoms with van der Waals surface area (Å²) in [5.41, 5.74) is 5.98. The molecule has 16 heavy (non-hydrogen) atoms. The van der Waals surface area contributed by atoms with E-state index in [1.165, 1.54) is 0 Å². The Kier molecular flexibility index (Phi) is 3.08. The Hall–Kier alpha value is -0.810. The third kappa shape index (κ3) is 2.65. The van der Waals surface area contributed by atoms with Crippen molar-refractivity contribution < 1.29 is 9.53 Å². The Bertz CT molecular complexity index is 275. The first-order valence-corrected chi connectivity index (χ1v) is 5.92. The highest BCUT2D eigenvalue weighted by Crippen LogP contribution is 2.21. The van der Waals surface area contributed by atoms with Crippen LogP contribution in [-0.4, -0.2) is 42.3 Å². The maximum Gasteiger partial charge on any atom is 0.410 e. The van der Waals surface area contributed by atoms with Gasteiger partial charge in [0, 0.05) is 31.6 Å². The molecule has 0 aromatic carbocycles. The third-order valence-corrected chi connectivity index (χ3v) is 3.04. The van der Waals surface area contributed by atoms with Gasteiger partial charge in [0.2, 0.25) is 0 Å². The van der Waals surface area contributed by atoms with Gasteiger partial charge in [0.15, 0.2) is 0 Å². The van der Waals surface area contributed by atoms with Gasteiger partial charge < -0.3 is 9.64 Å². The Morgan fingerprint density at radius 1 is 1.44 bits per heavy atom. The monoisotopic (exact) mass is 227 g/mol. The normalized spacial score (nSPS) is 30.1. The molecule has 0 aromatic rings. The van der Waals surface area contributed by atoms with Crippen molar-refractivity contribution in [2.45, 2.75) is 38.8 Å². The molecule has 5 nitrogen and oxygen atoms in total. The lowest BCUT2D eigenvalue weighted by Crippen LogP contribution is -2.48. The van der Waals surface area contributed by atoms with Crippen LogP contribution in [0.3, 0.4) is 0 Å². The topological polar surface area (TPSA) is 53.6 Å². The van der Waals surface area contributed by atoms with Gasteiger partial charge in [0.25, 0.3) is 0 Å². The van der Waals surface area contributed by atoms with Crippen LogP contribution in [0.2, 0.25) is 0 Å². The number of rotatable bonds is 0. The molecule has 2 heterocycles. The Balaban J connectivity index is 1.89. The molecule has 2 atom stereocenters. The first-order chi connectivity index (χ1) is 7.46. The van der Waals surface area contributed by atoms with Crippen molar-refractivity contribution in [2.75, 3.05) is 19.6 Å². The SMILES string of the molecule is CC(C)(C)OC(=O)N1CCC2NNCC2C1. The van der Waals surface area contributed by atoms with Crippen LogP contribution in [0.5, 0.6) is 0 Å². The summed E-state index contributed by atoms with van der Waals surface area (Å²) in [7, 11) is 0. The smallest absolute Gasteiger partial charge is 0.410 e. The number of carbonyl (C=O) groups excluding carboxylic acids is 1. The molecule has 2 saturated heterocycles. The third-order valence-electron chi connectivity index (χ3n) is 3.04. The largest absolute Gasteiger partial charge is 0.444 e. The van der Waals surface area contributed by atoms with Gasteiger partial charge >= 0.3 is 6.09 Å². The molecule has 0 aromatic heterocycles. The van der Waals surface area contributed by atoms with E-state index in [1.807, 2.05) is 25.7 Å². The van der Waals surface area contributed by atoms with E-state index in [9.17, 15) is 4.79 Å². The lowest BCUT2D eigenvalue weighted by molar-refractivity contribution is 0.0162. The summed E-state index contributed by atoms with van der Waals surface area (Å²) >= 11 is 0. The number of likely N-dealkylation sites (tertiary alicyclic amines) is 1. The number of nitrogens with one attached hydrogen (secondary N) is 2. The van der Waals surface area contributed by atoms with Gasteiger partial charge in [0.05, 0.1) is 0 Å². The van der Waals surface area contributed by atoms with Crippen LogP contribution in [-0.2, 0) is 4.74 Å². The molecule has 1 amide bonds. The molecule has 2 N–H and O–H groups in total. The van der Waals surface area contributed by atoms with Crippen molar-refractivity contribution in [1.82, 2.24) is 15.8 Å². The van der Waals surface area contributed by atoms with Crippen LogP contribution in [0.1, 0.15) is 27.2 Å². The molecule has 0 aliphatic carbocycles. The van der Waals surface area contributed by atoms with E-state index in [0.29, 0.717) is 12.0 Å². The second kappa shape index (κ2) is 4.22. The van der Waals surface area contributed by atoms with E-state index in [4.69, 9.17) is 4.74 Å². The van der Waals surface area contributed by atoms with Gasteiger partial charge in [-0.3, -0.25) is 10.9 Å². The van der Waals surface area contributed by atoms with Gasteiger partial charge in [0.1, 0.15) is 5.60 Å².